The zero-order valence-electron chi connectivity index (χ0n) is 12.1. The number of methoxy groups -OCH3 is 1. The molecule has 2 aromatic rings. The average Bonchev–Trinajstić information content (AvgIpc) is 3.17. The van der Waals surface area contributed by atoms with Crippen molar-refractivity contribution in [1.82, 2.24) is 5.32 Å². The molecular weight excluding hydrogens is 300 g/mol. The summed E-state index contributed by atoms with van der Waals surface area (Å²) < 4.78 is 5.18. The molecular formula is C16H16N2O3S. The molecule has 0 radical (unpaired) electrons. The standard InChI is InChI=1S/C16H16N2O3S/c1-21-13-5-2-4-12(9-13)18-10-11(8-15(18)19)17-16(20)14-6-3-7-22-14/h2-7,9,11H,8,10H2,1H3,(H,17,20)/t11-/m1/s1. The maximum atomic E-state index is 12.2. The summed E-state index contributed by atoms with van der Waals surface area (Å²) in [6, 6.07) is 10.8. The fraction of sp³-hybridized carbons (Fsp3) is 0.250. The number of anilines is 1. The molecule has 1 atom stereocenters. The molecule has 0 saturated carbocycles. The van der Waals surface area contributed by atoms with Crippen LogP contribution in [-0.4, -0.2) is 31.5 Å². The maximum Gasteiger partial charge on any atom is 0.261 e. The van der Waals surface area contributed by atoms with Gasteiger partial charge in [0.05, 0.1) is 18.0 Å². The molecule has 5 nitrogen and oxygen atoms in total. The van der Waals surface area contributed by atoms with Gasteiger partial charge in [-0.1, -0.05) is 12.1 Å². The summed E-state index contributed by atoms with van der Waals surface area (Å²) in [5.74, 6) is 0.585. The Morgan fingerprint density at radius 1 is 1.36 bits per heavy atom. The van der Waals surface area contributed by atoms with Crippen LogP contribution in [0.4, 0.5) is 5.69 Å². The lowest BCUT2D eigenvalue weighted by molar-refractivity contribution is -0.117. The number of nitrogens with one attached hydrogen (secondary N) is 1. The van der Waals surface area contributed by atoms with Crippen LogP contribution in [-0.2, 0) is 4.79 Å². The molecule has 0 unspecified atom stereocenters. The predicted octanol–water partition coefficient (Wildman–Crippen LogP) is 2.29. The van der Waals surface area contributed by atoms with Gasteiger partial charge in [0.15, 0.2) is 0 Å². The van der Waals surface area contributed by atoms with Crippen LogP contribution < -0.4 is 15.0 Å². The molecule has 1 aliphatic heterocycles. The van der Waals surface area contributed by atoms with Gasteiger partial charge in [-0.15, -0.1) is 11.3 Å². The number of benzene rings is 1. The number of thiophene rings is 1. The van der Waals surface area contributed by atoms with Gasteiger partial charge in [-0.3, -0.25) is 9.59 Å². The molecule has 22 heavy (non-hydrogen) atoms. The van der Waals surface area contributed by atoms with Crippen molar-refractivity contribution in [2.45, 2.75) is 12.5 Å². The first kappa shape index (κ1) is 14.6. The van der Waals surface area contributed by atoms with Crippen LogP contribution in [0.25, 0.3) is 0 Å². The summed E-state index contributed by atoms with van der Waals surface area (Å²) in [7, 11) is 1.59. The van der Waals surface area contributed by atoms with Crippen LogP contribution >= 0.6 is 11.3 Å². The Bertz CT molecular complexity index is 684. The second-order valence-electron chi connectivity index (χ2n) is 5.06. The van der Waals surface area contributed by atoms with Crippen LogP contribution in [0.15, 0.2) is 41.8 Å². The number of carbonyl (C=O) groups excluding carboxylic acids is 2. The Labute approximate surface area is 132 Å². The Kier molecular flexibility index (Phi) is 4.11. The highest BCUT2D eigenvalue weighted by Crippen LogP contribution is 2.25. The third-order valence-corrected chi connectivity index (χ3v) is 4.44. The molecule has 1 aromatic heterocycles. The molecule has 0 bridgehead atoms. The van der Waals surface area contributed by atoms with Gasteiger partial charge < -0.3 is 15.0 Å². The third kappa shape index (κ3) is 2.96. The molecule has 1 aliphatic rings. The molecule has 114 valence electrons. The number of hydrogen-bond donors (Lipinski definition) is 1. The summed E-state index contributed by atoms with van der Waals surface area (Å²) in [5.41, 5.74) is 0.789. The zero-order chi connectivity index (χ0) is 15.5. The van der Waals surface area contributed by atoms with E-state index in [1.54, 1.807) is 18.1 Å². The van der Waals surface area contributed by atoms with Gasteiger partial charge in [0, 0.05) is 24.7 Å². The van der Waals surface area contributed by atoms with E-state index in [0.29, 0.717) is 23.6 Å². The van der Waals surface area contributed by atoms with E-state index in [1.807, 2.05) is 35.7 Å². The van der Waals surface area contributed by atoms with Gasteiger partial charge in [0.1, 0.15) is 5.75 Å². The lowest BCUT2D eigenvalue weighted by atomic mass is 10.2. The van der Waals surface area contributed by atoms with E-state index >= 15 is 0 Å². The molecule has 6 heteroatoms. The normalized spacial score (nSPS) is 17.6. The Morgan fingerprint density at radius 3 is 2.95 bits per heavy atom. The lowest BCUT2D eigenvalue weighted by Crippen LogP contribution is -2.36. The number of ether oxygens (including phenoxy) is 1. The highest BCUT2D eigenvalue weighted by atomic mass is 32.1. The fourth-order valence-corrected chi connectivity index (χ4v) is 3.12. The highest BCUT2D eigenvalue weighted by Gasteiger charge is 2.32. The molecule has 0 aliphatic carbocycles. The first-order valence-corrected chi connectivity index (χ1v) is 7.84. The van der Waals surface area contributed by atoms with E-state index in [9.17, 15) is 9.59 Å². The van der Waals surface area contributed by atoms with Crippen molar-refractivity contribution in [3.63, 3.8) is 0 Å². The molecule has 1 N–H and O–H groups in total. The lowest BCUT2D eigenvalue weighted by Gasteiger charge is -2.17. The number of carbonyl (C=O) groups is 2. The van der Waals surface area contributed by atoms with Gasteiger partial charge in [0.2, 0.25) is 5.91 Å². The minimum Gasteiger partial charge on any atom is -0.497 e. The van der Waals surface area contributed by atoms with Gasteiger partial charge in [0.25, 0.3) is 5.91 Å². The van der Waals surface area contributed by atoms with Crippen LogP contribution in [0.2, 0.25) is 0 Å². The van der Waals surface area contributed by atoms with E-state index in [-0.39, 0.29) is 17.9 Å². The number of nitrogens with zero attached hydrogens (tertiary/aromatic N) is 1. The fourth-order valence-electron chi connectivity index (χ4n) is 2.50. The van der Waals surface area contributed by atoms with Crippen molar-refractivity contribution < 1.29 is 14.3 Å². The molecule has 2 heterocycles. The van der Waals surface area contributed by atoms with Crippen LogP contribution in [0.3, 0.4) is 0 Å². The quantitative estimate of drug-likeness (QED) is 0.941. The van der Waals surface area contributed by atoms with Gasteiger partial charge in [-0.2, -0.15) is 0 Å². The van der Waals surface area contributed by atoms with Gasteiger partial charge in [-0.05, 0) is 23.6 Å². The van der Waals surface area contributed by atoms with Crippen molar-refractivity contribution in [3.8, 4) is 5.75 Å². The Balaban J connectivity index is 1.69. The molecule has 3 rings (SSSR count). The SMILES string of the molecule is COc1cccc(N2C[C@H](NC(=O)c3cccs3)CC2=O)c1. The molecule has 1 saturated heterocycles. The number of hydrogen-bond acceptors (Lipinski definition) is 4. The largest absolute Gasteiger partial charge is 0.497 e. The zero-order valence-corrected chi connectivity index (χ0v) is 12.9. The molecule has 0 spiro atoms. The average molecular weight is 316 g/mol. The summed E-state index contributed by atoms with van der Waals surface area (Å²) in [6.07, 6.45) is 0.314. The molecule has 1 fully saturated rings. The molecule has 1 aromatic carbocycles. The minimum absolute atomic E-state index is 0.00438. The van der Waals surface area contributed by atoms with Crippen molar-refractivity contribution >= 4 is 28.8 Å². The first-order valence-electron chi connectivity index (χ1n) is 6.96. The van der Waals surface area contributed by atoms with E-state index in [2.05, 4.69) is 5.32 Å². The second-order valence-corrected chi connectivity index (χ2v) is 6.01. The van der Waals surface area contributed by atoms with E-state index in [4.69, 9.17) is 4.74 Å². The summed E-state index contributed by atoms with van der Waals surface area (Å²) in [4.78, 5) is 26.6. The Morgan fingerprint density at radius 2 is 2.23 bits per heavy atom. The Hall–Kier alpha value is -2.34. The first-order chi connectivity index (χ1) is 10.7. The van der Waals surface area contributed by atoms with Gasteiger partial charge in [-0.25, -0.2) is 0 Å². The van der Waals surface area contributed by atoms with E-state index in [0.717, 1.165) is 5.69 Å². The van der Waals surface area contributed by atoms with Crippen LogP contribution in [0, 0.1) is 0 Å². The maximum absolute atomic E-state index is 12.2. The highest BCUT2D eigenvalue weighted by molar-refractivity contribution is 7.12. The number of rotatable bonds is 4. The van der Waals surface area contributed by atoms with Crippen molar-refractivity contribution in [2.24, 2.45) is 0 Å². The van der Waals surface area contributed by atoms with Crippen molar-refractivity contribution in [2.75, 3.05) is 18.6 Å². The monoisotopic (exact) mass is 316 g/mol. The smallest absolute Gasteiger partial charge is 0.261 e. The summed E-state index contributed by atoms with van der Waals surface area (Å²) >= 11 is 1.39. The van der Waals surface area contributed by atoms with E-state index in [1.165, 1.54) is 11.3 Å². The van der Waals surface area contributed by atoms with Crippen LogP contribution in [0.1, 0.15) is 16.1 Å². The number of amides is 2. The molecule has 2 amide bonds. The minimum atomic E-state index is -0.173. The van der Waals surface area contributed by atoms with Crippen molar-refractivity contribution in [3.05, 3.63) is 46.7 Å². The third-order valence-electron chi connectivity index (χ3n) is 3.57. The summed E-state index contributed by atoms with van der Waals surface area (Å²) in [5, 5.41) is 4.78. The summed E-state index contributed by atoms with van der Waals surface area (Å²) in [6.45, 7) is 0.475. The predicted molar refractivity (Wildman–Crippen MR) is 85.5 cm³/mol. The van der Waals surface area contributed by atoms with Gasteiger partial charge >= 0.3 is 0 Å². The van der Waals surface area contributed by atoms with Crippen molar-refractivity contribution in [1.29, 1.82) is 0 Å². The van der Waals surface area contributed by atoms with E-state index < -0.39 is 0 Å². The second kappa shape index (κ2) is 6.19. The van der Waals surface area contributed by atoms with Crippen LogP contribution in [0.5, 0.6) is 5.75 Å². The topological polar surface area (TPSA) is 58.6 Å².